The lowest BCUT2D eigenvalue weighted by Crippen LogP contribution is -2.25. The van der Waals surface area contributed by atoms with E-state index in [1.165, 1.54) is 22.5 Å². The molecule has 3 heterocycles. The molecule has 7 heteroatoms. The molecule has 100 valence electrons. The van der Waals surface area contributed by atoms with Crippen LogP contribution in [0, 0.1) is 0 Å². The lowest BCUT2D eigenvalue weighted by atomic mass is 10.2. The molecule has 5 nitrogen and oxygen atoms in total. The number of hydrogen-bond acceptors (Lipinski definition) is 5. The van der Waals surface area contributed by atoms with Gasteiger partial charge in [-0.15, -0.1) is 11.3 Å². The fourth-order valence-corrected chi connectivity index (χ4v) is 4.28. The van der Waals surface area contributed by atoms with Gasteiger partial charge in [-0.1, -0.05) is 0 Å². The highest BCUT2D eigenvalue weighted by atomic mass is 32.2. The van der Waals surface area contributed by atoms with Gasteiger partial charge in [0.15, 0.2) is 0 Å². The van der Waals surface area contributed by atoms with Crippen molar-refractivity contribution in [3.63, 3.8) is 0 Å². The Morgan fingerprint density at radius 1 is 1.53 bits per heavy atom. The summed E-state index contributed by atoms with van der Waals surface area (Å²) in [7, 11) is 0. The standard InChI is InChI=1S/C12H14N4OS2/c17-12(13-3-1-11-14-7-15-16-11)10-5-8-6-18-4-2-9(8)19-10/h5,7H,1-4,6H2,(H,13,17)(H,14,15,16). The Morgan fingerprint density at radius 2 is 2.47 bits per heavy atom. The number of aryl methyl sites for hydroxylation is 1. The minimum absolute atomic E-state index is 0.0175. The highest BCUT2D eigenvalue weighted by molar-refractivity contribution is 7.98. The number of fused-ring (bicyclic) bond motifs is 1. The van der Waals surface area contributed by atoms with Crippen molar-refractivity contribution in [1.29, 1.82) is 0 Å². The molecule has 0 aliphatic carbocycles. The van der Waals surface area contributed by atoms with E-state index in [1.54, 1.807) is 11.3 Å². The van der Waals surface area contributed by atoms with Crippen LogP contribution in [-0.4, -0.2) is 33.4 Å². The van der Waals surface area contributed by atoms with Gasteiger partial charge in [0.2, 0.25) is 0 Å². The van der Waals surface area contributed by atoms with Crippen LogP contribution >= 0.6 is 23.1 Å². The second kappa shape index (κ2) is 5.75. The van der Waals surface area contributed by atoms with E-state index in [0.29, 0.717) is 13.0 Å². The smallest absolute Gasteiger partial charge is 0.261 e. The van der Waals surface area contributed by atoms with E-state index in [0.717, 1.165) is 22.9 Å². The monoisotopic (exact) mass is 294 g/mol. The molecule has 2 aromatic rings. The number of thioether (sulfide) groups is 1. The van der Waals surface area contributed by atoms with Crippen LogP contribution in [-0.2, 0) is 18.6 Å². The quantitative estimate of drug-likeness (QED) is 0.899. The molecule has 0 atom stereocenters. The maximum absolute atomic E-state index is 12.0. The Kier molecular flexibility index (Phi) is 3.84. The molecule has 0 bridgehead atoms. The molecule has 2 N–H and O–H groups in total. The van der Waals surface area contributed by atoms with Gasteiger partial charge in [-0.2, -0.15) is 16.9 Å². The molecule has 0 fully saturated rings. The molecule has 0 spiro atoms. The molecule has 3 rings (SSSR count). The van der Waals surface area contributed by atoms with Crippen molar-refractivity contribution in [2.75, 3.05) is 12.3 Å². The highest BCUT2D eigenvalue weighted by Gasteiger charge is 2.17. The number of hydrogen-bond donors (Lipinski definition) is 2. The molecule has 0 saturated heterocycles. The van der Waals surface area contributed by atoms with Gasteiger partial charge in [-0.05, 0) is 23.8 Å². The first-order chi connectivity index (χ1) is 9.33. The number of amides is 1. The van der Waals surface area contributed by atoms with Crippen molar-refractivity contribution in [3.8, 4) is 0 Å². The Bertz CT molecular complexity index is 541. The van der Waals surface area contributed by atoms with Gasteiger partial charge in [0.1, 0.15) is 12.2 Å². The van der Waals surface area contributed by atoms with Gasteiger partial charge in [0.25, 0.3) is 5.91 Å². The topological polar surface area (TPSA) is 70.7 Å². The van der Waals surface area contributed by atoms with Gasteiger partial charge in [-0.25, -0.2) is 4.98 Å². The Balaban J connectivity index is 1.56. The molecule has 19 heavy (non-hydrogen) atoms. The minimum Gasteiger partial charge on any atom is -0.351 e. The number of carbonyl (C=O) groups is 1. The maximum atomic E-state index is 12.0. The highest BCUT2D eigenvalue weighted by Crippen LogP contribution is 2.31. The minimum atomic E-state index is 0.0175. The van der Waals surface area contributed by atoms with Crippen molar-refractivity contribution < 1.29 is 4.79 Å². The fraction of sp³-hybridized carbons (Fsp3) is 0.417. The van der Waals surface area contributed by atoms with Gasteiger partial charge in [0.05, 0.1) is 4.88 Å². The van der Waals surface area contributed by atoms with E-state index in [1.807, 2.05) is 17.8 Å². The first-order valence-corrected chi connectivity index (χ1v) is 8.12. The summed E-state index contributed by atoms with van der Waals surface area (Å²) in [6.07, 6.45) is 3.24. The number of carbonyl (C=O) groups excluding carboxylic acids is 1. The number of aromatic nitrogens is 3. The number of rotatable bonds is 4. The summed E-state index contributed by atoms with van der Waals surface area (Å²) in [5.41, 5.74) is 1.33. The Labute approximate surface area is 119 Å². The van der Waals surface area contributed by atoms with Gasteiger partial charge < -0.3 is 5.32 Å². The lowest BCUT2D eigenvalue weighted by molar-refractivity contribution is 0.0958. The van der Waals surface area contributed by atoms with E-state index in [9.17, 15) is 4.79 Å². The first-order valence-electron chi connectivity index (χ1n) is 6.14. The molecule has 1 aliphatic rings. The van der Waals surface area contributed by atoms with Crippen molar-refractivity contribution >= 4 is 29.0 Å². The van der Waals surface area contributed by atoms with Gasteiger partial charge >= 0.3 is 0 Å². The normalized spacial score (nSPS) is 14.1. The number of aromatic amines is 1. The predicted molar refractivity (Wildman–Crippen MR) is 76.6 cm³/mol. The summed E-state index contributed by atoms with van der Waals surface area (Å²) < 4.78 is 0. The molecule has 2 aromatic heterocycles. The zero-order valence-corrected chi connectivity index (χ0v) is 11.9. The fourth-order valence-electron chi connectivity index (χ4n) is 1.99. The Morgan fingerprint density at radius 3 is 3.26 bits per heavy atom. The lowest BCUT2D eigenvalue weighted by Gasteiger charge is -2.08. The summed E-state index contributed by atoms with van der Waals surface area (Å²) >= 11 is 3.56. The van der Waals surface area contributed by atoms with Crippen LogP contribution < -0.4 is 5.32 Å². The van der Waals surface area contributed by atoms with Crippen molar-refractivity contribution in [3.05, 3.63) is 33.5 Å². The number of nitrogens with one attached hydrogen (secondary N) is 2. The van der Waals surface area contributed by atoms with Gasteiger partial charge in [-0.3, -0.25) is 9.89 Å². The zero-order valence-electron chi connectivity index (χ0n) is 10.3. The van der Waals surface area contributed by atoms with Crippen LogP contribution in [0.15, 0.2) is 12.4 Å². The molecule has 0 radical (unpaired) electrons. The Hall–Kier alpha value is -1.34. The summed E-state index contributed by atoms with van der Waals surface area (Å²) in [5.74, 6) is 3.02. The largest absolute Gasteiger partial charge is 0.351 e. The second-order valence-electron chi connectivity index (χ2n) is 4.30. The third-order valence-electron chi connectivity index (χ3n) is 2.96. The van der Waals surface area contributed by atoms with Crippen molar-refractivity contribution in [2.24, 2.45) is 0 Å². The summed E-state index contributed by atoms with van der Waals surface area (Å²) in [4.78, 5) is 18.3. The van der Waals surface area contributed by atoms with Crippen LogP contribution in [0.4, 0.5) is 0 Å². The SMILES string of the molecule is O=C(NCCc1ncn[nH]1)c1cc2c(s1)CCSC2. The van der Waals surface area contributed by atoms with Crippen molar-refractivity contribution in [1.82, 2.24) is 20.5 Å². The molecule has 1 aliphatic heterocycles. The van der Waals surface area contributed by atoms with Crippen LogP contribution in [0.3, 0.4) is 0 Å². The zero-order chi connectivity index (χ0) is 13.1. The molecular weight excluding hydrogens is 280 g/mol. The second-order valence-corrected chi connectivity index (χ2v) is 6.54. The maximum Gasteiger partial charge on any atom is 0.261 e. The van der Waals surface area contributed by atoms with E-state index in [-0.39, 0.29) is 5.91 Å². The summed E-state index contributed by atoms with van der Waals surface area (Å²) in [5, 5.41) is 9.47. The number of nitrogens with zero attached hydrogens (tertiary/aromatic N) is 2. The number of thiophene rings is 1. The van der Waals surface area contributed by atoms with Crippen LogP contribution in [0.5, 0.6) is 0 Å². The third kappa shape index (κ3) is 2.98. The average Bonchev–Trinajstić information content (AvgIpc) is 3.07. The van der Waals surface area contributed by atoms with E-state index >= 15 is 0 Å². The third-order valence-corrected chi connectivity index (χ3v) is 5.21. The molecule has 0 aromatic carbocycles. The molecule has 0 saturated carbocycles. The van der Waals surface area contributed by atoms with E-state index in [2.05, 4.69) is 20.5 Å². The van der Waals surface area contributed by atoms with Crippen molar-refractivity contribution in [2.45, 2.75) is 18.6 Å². The molecular formula is C12H14N4OS2. The summed E-state index contributed by atoms with van der Waals surface area (Å²) in [6, 6.07) is 2.04. The van der Waals surface area contributed by atoms with E-state index in [4.69, 9.17) is 0 Å². The summed E-state index contributed by atoms with van der Waals surface area (Å²) in [6.45, 7) is 0.575. The number of H-pyrrole nitrogens is 1. The van der Waals surface area contributed by atoms with Crippen LogP contribution in [0.1, 0.15) is 25.9 Å². The average molecular weight is 294 g/mol. The van der Waals surface area contributed by atoms with Crippen LogP contribution in [0.25, 0.3) is 0 Å². The first kappa shape index (κ1) is 12.7. The molecule has 1 amide bonds. The molecule has 0 unspecified atom stereocenters. The van der Waals surface area contributed by atoms with E-state index < -0.39 is 0 Å². The predicted octanol–water partition coefficient (Wildman–Crippen LogP) is 1.63. The van der Waals surface area contributed by atoms with Gasteiger partial charge in [0, 0.05) is 23.6 Å². The van der Waals surface area contributed by atoms with Crippen LogP contribution in [0.2, 0.25) is 0 Å².